The Bertz CT molecular complexity index is 367. The lowest BCUT2D eigenvalue weighted by molar-refractivity contribution is 0.281. The minimum Gasteiger partial charge on any atom is -0.392 e. The maximum Gasteiger partial charge on any atom is 0.0687 e. The molecule has 2 heteroatoms. The average molecular weight is 209 g/mol. The number of hydrogen-bond donors (Lipinski definition) is 1. The monoisotopic (exact) mass is 208 g/mol. The Hall–Kier alpha value is -1.05. The smallest absolute Gasteiger partial charge is 0.0687 e. The summed E-state index contributed by atoms with van der Waals surface area (Å²) in [5.41, 5.74) is 2.61. The summed E-state index contributed by atoms with van der Waals surface area (Å²) in [6, 6.07) is 5.39. The molecule has 0 atom stereocenters. The third-order valence-electron chi connectivity index (χ3n) is 1.96. The second kappa shape index (κ2) is 4.99. The highest BCUT2D eigenvalue weighted by molar-refractivity contribution is 6.30. The highest BCUT2D eigenvalue weighted by atomic mass is 35.5. The van der Waals surface area contributed by atoms with Crippen LogP contribution in [-0.2, 0) is 6.61 Å². The van der Waals surface area contributed by atoms with Crippen LogP contribution >= 0.6 is 11.6 Å². The lowest BCUT2D eigenvalue weighted by atomic mass is 10.0. The van der Waals surface area contributed by atoms with Gasteiger partial charge in [-0.2, -0.15) is 0 Å². The van der Waals surface area contributed by atoms with Crippen molar-refractivity contribution >= 4 is 17.2 Å². The van der Waals surface area contributed by atoms with Crippen molar-refractivity contribution in [3.63, 3.8) is 0 Å². The molecule has 0 aromatic heterocycles. The number of aliphatic hydroxyl groups excluding tert-OH is 1. The van der Waals surface area contributed by atoms with E-state index in [2.05, 4.69) is 6.58 Å². The molecule has 0 fully saturated rings. The molecule has 1 rings (SSSR count). The van der Waals surface area contributed by atoms with Gasteiger partial charge in [0.15, 0.2) is 0 Å². The lowest BCUT2D eigenvalue weighted by Gasteiger charge is -2.07. The molecule has 0 aliphatic heterocycles. The topological polar surface area (TPSA) is 20.2 Å². The number of allylic oxidation sites excluding steroid dienone is 3. The first-order valence-electron chi connectivity index (χ1n) is 4.40. The van der Waals surface area contributed by atoms with Crippen molar-refractivity contribution in [1.29, 1.82) is 0 Å². The molecule has 0 spiro atoms. The van der Waals surface area contributed by atoms with Gasteiger partial charge in [-0.1, -0.05) is 36.4 Å². The van der Waals surface area contributed by atoms with Crippen LogP contribution in [0.1, 0.15) is 18.1 Å². The van der Waals surface area contributed by atoms with Crippen LogP contribution in [0.3, 0.4) is 0 Å². The zero-order valence-corrected chi connectivity index (χ0v) is 8.88. The molecular formula is C12H13ClO. The molecule has 1 nitrogen and oxygen atoms in total. The van der Waals surface area contributed by atoms with Gasteiger partial charge < -0.3 is 5.11 Å². The molecule has 14 heavy (non-hydrogen) atoms. The Morgan fingerprint density at radius 3 is 2.86 bits per heavy atom. The van der Waals surface area contributed by atoms with Gasteiger partial charge in [0.2, 0.25) is 0 Å². The predicted octanol–water partition coefficient (Wildman–Crippen LogP) is 3.42. The largest absolute Gasteiger partial charge is 0.392 e. The fraction of sp³-hybridized carbons (Fsp3) is 0.167. The Morgan fingerprint density at radius 1 is 1.57 bits per heavy atom. The summed E-state index contributed by atoms with van der Waals surface area (Å²) in [5.74, 6) is 0. The Balaban J connectivity index is 3.16. The molecule has 0 aliphatic rings. The minimum absolute atomic E-state index is 0.00305. The van der Waals surface area contributed by atoms with E-state index >= 15 is 0 Å². The van der Waals surface area contributed by atoms with Gasteiger partial charge in [0.25, 0.3) is 0 Å². The van der Waals surface area contributed by atoms with Gasteiger partial charge in [0.05, 0.1) is 6.61 Å². The van der Waals surface area contributed by atoms with Gasteiger partial charge in [0.1, 0.15) is 0 Å². The van der Waals surface area contributed by atoms with Crippen LogP contribution in [0.25, 0.3) is 5.57 Å². The zero-order chi connectivity index (χ0) is 10.6. The molecule has 0 saturated carbocycles. The third kappa shape index (κ3) is 2.47. The van der Waals surface area contributed by atoms with Gasteiger partial charge in [-0.15, -0.1) is 0 Å². The summed E-state index contributed by atoms with van der Waals surface area (Å²) in [4.78, 5) is 0. The summed E-state index contributed by atoms with van der Waals surface area (Å²) >= 11 is 5.87. The second-order valence-electron chi connectivity index (χ2n) is 2.98. The van der Waals surface area contributed by atoms with Crippen LogP contribution in [0.2, 0.25) is 5.02 Å². The van der Waals surface area contributed by atoms with E-state index in [9.17, 15) is 0 Å². The van der Waals surface area contributed by atoms with Crippen LogP contribution in [0.4, 0.5) is 0 Å². The van der Waals surface area contributed by atoms with Crippen LogP contribution in [0.5, 0.6) is 0 Å². The van der Waals surface area contributed by atoms with Crippen LogP contribution < -0.4 is 0 Å². The van der Waals surface area contributed by atoms with Crippen molar-refractivity contribution in [3.05, 3.63) is 53.1 Å². The number of halogens is 1. The first-order chi connectivity index (χ1) is 6.69. The van der Waals surface area contributed by atoms with Crippen molar-refractivity contribution < 1.29 is 5.11 Å². The first kappa shape index (κ1) is 11.0. The molecule has 0 bridgehead atoms. The predicted molar refractivity (Wildman–Crippen MR) is 61.2 cm³/mol. The van der Waals surface area contributed by atoms with Crippen molar-refractivity contribution in [3.8, 4) is 0 Å². The van der Waals surface area contributed by atoms with E-state index in [-0.39, 0.29) is 6.61 Å². The van der Waals surface area contributed by atoms with Gasteiger partial charge in [-0.25, -0.2) is 0 Å². The number of benzene rings is 1. The van der Waals surface area contributed by atoms with Gasteiger partial charge in [-0.05, 0) is 35.8 Å². The maximum atomic E-state index is 9.12. The van der Waals surface area contributed by atoms with Crippen LogP contribution in [0, 0.1) is 0 Å². The van der Waals surface area contributed by atoms with E-state index in [4.69, 9.17) is 16.7 Å². The van der Waals surface area contributed by atoms with E-state index in [1.807, 2.05) is 31.2 Å². The highest BCUT2D eigenvalue weighted by Gasteiger charge is 2.03. The maximum absolute atomic E-state index is 9.12. The molecule has 0 heterocycles. The number of rotatable bonds is 3. The quantitative estimate of drug-likeness (QED) is 0.755. The van der Waals surface area contributed by atoms with Crippen molar-refractivity contribution in [2.45, 2.75) is 13.5 Å². The summed E-state index contributed by atoms with van der Waals surface area (Å²) < 4.78 is 0. The summed E-state index contributed by atoms with van der Waals surface area (Å²) in [6.45, 7) is 5.84. The van der Waals surface area contributed by atoms with Gasteiger partial charge in [0, 0.05) is 5.02 Å². The van der Waals surface area contributed by atoms with E-state index in [1.54, 1.807) is 6.07 Å². The first-order valence-corrected chi connectivity index (χ1v) is 4.78. The molecule has 0 amide bonds. The fourth-order valence-electron chi connectivity index (χ4n) is 1.28. The van der Waals surface area contributed by atoms with Gasteiger partial charge >= 0.3 is 0 Å². The highest BCUT2D eigenvalue weighted by Crippen LogP contribution is 2.23. The van der Waals surface area contributed by atoms with E-state index in [0.717, 1.165) is 16.7 Å². The summed E-state index contributed by atoms with van der Waals surface area (Å²) in [7, 11) is 0. The Labute approximate surface area is 89.3 Å². The Morgan fingerprint density at radius 2 is 2.29 bits per heavy atom. The zero-order valence-electron chi connectivity index (χ0n) is 8.13. The number of aliphatic hydroxyl groups is 1. The SMILES string of the molecule is C=C(/C=C\C)c1cc(Cl)ccc1CO. The molecule has 0 saturated heterocycles. The minimum atomic E-state index is 0.00305. The fourth-order valence-corrected chi connectivity index (χ4v) is 1.45. The molecule has 0 aliphatic carbocycles. The van der Waals surface area contributed by atoms with E-state index in [1.165, 1.54) is 0 Å². The van der Waals surface area contributed by atoms with Crippen LogP contribution in [0.15, 0.2) is 36.9 Å². The third-order valence-corrected chi connectivity index (χ3v) is 2.19. The van der Waals surface area contributed by atoms with Crippen molar-refractivity contribution in [2.75, 3.05) is 0 Å². The van der Waals surface area contributed by atoms with Crippen molar-refractivity contribution in [1.82, 2.24) is 0 Å². The van der Waals surface area contributed by atoms with Gasteiger partial charge in [-0.3, -0.25) is 0 Å². The molecule has 74 valence electrons. The van der Waals surface area contributed by atoms with Crippen LogP contribution in [-0.4, -0.2) is 5.11 Å². The molecule has 0 unspecified atom stereocenters. The number of hydrogen-bond acceptors (Lipinski definition) is 1. The molecule has 1 aromatic rings. The molecule has 1 N–H and O–H groups in total. The second-order valence-corrected chi connectivity index (χ2v) is 3.42. The average Bonchev–Trinajstić information content (AvgIpc) is 2.18. The van der Waals surface area contributed by atoms with E-state index in [0.29, 0.717) is 5.02 Å². The summed E-state index contributed by atoms with van der Waals surface area (Å²) in [6.07, 6.45) is 3.80. The Kier molecular flexibility index (Phi) is 3.93. The molecular weight excluding hydrogens is 196 g/mol. The normalized spacial score (nSPS) is 10.8. The van der Waals surface area contributed by atoms with Crippen molar-refractivity contribution in [2.24, 2.45) is 0 Å². The molecule has 0 radical (unpaired) electrons. The molecule has 1 aromatic carbocycles. The lowest BCUT2D eigenvalue weighted by Crippen LogP contribution is -1.91. The summed E-state index contributed by atoms with van der Waals surface area (Å²) in [5, 5.41) is 9.77. The standard InChI is InChI=1S/C12H13ClO/c1-3-4-9(2)12-7-11(13)6-5-10(12)8-14/h3-7,14H,2,8H2,1H3/b4-3-. The van der Waals surface area contributed by atoms with E-state index < -0.39 is 0 Å².